The summed E-state index contributed by atoms with van der Waals surface area (Å²) in [7, 11) is 0. The number of hydrogen-bond donors (Lipinski definition) is 0. The molecule has 0 bridgehead atoms. The Balaban J connectivity index is 0. The van der Waals surface area contributed by atoms with E-state index < -0.39 is 17.9 Å². The van der Waals surface area contributed by atoms with Gasteiger partial charge in [-0.3, -0.25) is 0 Å². The van der Waals surface area contributed by atoms with Gasteiger partial charge in [-0.2, -0.15) is 0 Å². The monoisotopic (exact) mass is 255 g/mol. The second-order valence-electron chi connectivity index (χ2n) is 4.06. The molecule has 0 aromatic carbocycles. The SMILES string of the molecule is CCC[CH2][Ti]([CH2]CCC)[CH2]CCC.Cl. The summed E-state index contributed by atoms with van der Waals surface area (Å²) in [5, 5.41) is 0. The fourth-order valence-electron chi connectivity index (χ4n) is 1.66. The standard InChI is InChI=1S/3C4H9.ClH.Ti/c3*1-3-4-2;;/h3*1,3-4H2,2H3;1H;. The fourth-order valence-corrected chi connectivity index (χ4v) is 6.83. The van der Waals surface area contributed by atoms with Crippen LogP contribution in [-0.2, 0) is 17.9 Å². The summed E-state index contributed by atoms with van der Waals surface area (Å²) in [6.07, 6.45) is 8.78. The van der Waals surface area contributed by atoms with Crippen molar-refractivity contribution in [2.75, 3.05) is 0 Å². The predicted molar refractivity (Wildman–Crippen MR) is 66.4 cm³/mol. The van der Waals surface area contributed by atoms with E-state index in [-0.39, 0.29) is 12.4 Å². The van der Waals surface area contributed by atoms with E-state index in [1.807, 2.05) is 0 Å². The van der Waals surface area contributed by atoms with Gasteiger partial charge in [-0.05, 0) is 0 Å². The molecule has 0 aromatic rings. The van der Waals surface area contributed by atoms with Gasteiger partial charge in [-0.25, -0.2) is 0 Å². The van der Waals surface area contributed by atoms with Crippen LogP contribution in [-0.4, -0.2) is 0 Å². The molecule has 0 spiro atoms. The maximum absolute atomic E-state index is 2.33. The van der Waals surface area contributed by atoms with Gasteiger partial charge in [0.1, 0.15) is 0 Å². The number of rotatable bonds is 9. The van der Waals surface area contributed by atoms with Gasteiger partial charge < -0.3 is 0 Å². The Labute approximate surface area is 103 Å². The Morgan fingerprint density at radius 2 is 0.929 bits per heavy atom. The largest absolute Gasteiger partial charge is 0.147 e. The molecule has 0 aliphatic heterocycles. The van der Waals surface area contributed by atoms with Crippen LogP contribution in [0.1, 0.15) is 59.3 Å². The molecule has 0 saturated carbocycles. The number of unbranched alkanes of at least 4 members (excludes halogenated alkanes) is 3. The van der Waals surface area contributed by atoms with E-state index >= 15 is 0 Å². The molecule has 0 heterocycles. The van der Waals surface area contributed by atoms with Gasteiger partial charge in [-0.15, -0.1) is 12.4 Å². The molecule has 0 N–H and O–H groups in total. The van der Waals surface area contributed by atoms with Crippen LogP contribution < -0.4 is 0 Å². The molecule has 0 fully saturated rings. The Morgan fingerprint density at radius 1 is 0.643 bits per heavy atom. The molecule has 0 saturated heterocycles. The Morgan fingerprint density at radius 3 is 1.14 bits per heavy atom. The van der Waals surface area contributed by atoms with E-state index in [1.165, 1.54) is 38.5 Å². The Kier molecular flexibility index (Phi) is 17.4. The number of halogens is 1. The summed E-state index contributed by atoms with van der Waals surface area (Å²) in [6.45, 7) is 6.99. The van der Waals surface area contributed by atoms with Crippen molar-refractivity contribution in [2.24, 2.45) is 0 Å². The van der Waals surface area contributed by atoms with Gasteiger partial charge in [0.05, 0.1) is 0 Å². The molecule has 0 unspecified atom stereocenters. The minimum absolute atomic E-state index is 0. The molecular weight excluding hydrogens is 227 g/mol. The van der Waals surface area contributed by atoms with Crippen LogP contribution in [0.4, 0.5) is 0 Å². The summed E-state index contributed by atoms with van der Waals surface area (Å²) in [4.78, 5) is 0. The van der Waals surface area contributed by atoms with Crippen LogP contribution in [0, 0.1) is 0 Å². The summed E-state index contributed by atoms with van der Waals surface area (Å²) in [6, 6.07) is 0. The summed E-state index contributed by atoms with van der Waals surface area (Å²) in [5.41, 5.74) is 0. The zero-order chi connectivity index (χ0) is 9.94. The van der Waals surface area contributed by atoms with Crippen LogP contribution >= 0.6 is 12.4 Å². The smallest absolute Gasteiger partial charge is 0.147 e. The molecule has 0 aromatic heterocycles. The summed E-state index contributed by atoms with van der Waals surface area (Å²) >= 11 is -0.552. The topological polar surface area (TPSA) is 0 Å². The van der Waals surface area contributed by atoms with E-state index in [9.17, 15) is 0 Å². The van der Waals surface area contributed by atoms with Crippen molar-refractivity contribution >= 4 is 12.4 Å². The van der Waals surface area contributed by atoms with Crippen LogP contribution in [0.5, 0.6) is 0 Å². The fraction of sp³-hybridized carbons (Fsp3) is 1.00. The van der Waals surface area contributed by atoms with Crippen molar-refractivity contribution in [3.8, 4) is 0 Å². The maximum atomic E-state index is 2.33. The van der Waals surface area contributed by atoms with Crippen molar-refractivity contribution in [2.45, 2.75) is 73.5 Å². The van der Waals surface area contributed by atoms with Crippen LogP contribution in [0.15, 0.2) is 0 Å². The molecule has 0 radical (unpaired) electrons. The third kappa shape index (κ3) is 11.1. The van der Waals surface area contributed by atoms with E-state index in [0.717, 1.165) is 0 Å². The van der Waals surface area contributed by atoms with Gasteiger partial charge in [0.2, 0.25) is 0 Å². The van der Waals surface area contributed by atoms with Crippen LogP contribution in [0.3, 0.4) is 0 Å². The van der Waals surface area contributed by atoms with Gasteiger partial charge >= 0.3 is 91.3 Å². The first-order chi connectivity index (χ1) is 6.35. The number of hydrogen-bond acceptors (Lipinski definition) is 0. The molecule has 0 atom stereocenters. The second-order valence-corrected chi connectivity index (χ2v) is 8.75. The predicted octanol–water partition coefficient (Wildman–Crippen LogP) is 5.68. The van der Waals surface area contributed by atoms with Crippen molar-refractivity contribution in [3.05, 3.63) is 0 Å². The third-order valence-electron chi connectivity index (χ3n) is 2.65. The molecule has 0 aliphatic carbocycles. The molecule has 2 heteroatoms. The maximum Gasteiger partial charge on any atom is -0.147 e. The van der Waals surface area contributed by atoms with E-state index in [0.29, 0.717) is 0 Å². The quantitative estimate of drug-likeness (QED) is 0.465. The zero-order valence-corrected chi connectivity index (χ0v) is 12.7. The van der Waals surface area contributed by atoms with Crippen molar-refractivity contribution in [3.63, 3.8) is 0 Å². The summed E-state index contributed by atoms with van der Waals surface area (Å²) < 4.78 is 4.95. The molecule has 14 heavy (non-hydrogen) atoms. The molecule has 0 rings (SSSR count). The molecular formula is C12H28ClTi. The van der Waals surface area contributed by atoms with Gasteiger partial charge in [0, 0.05) is 0 Å². The minimum atomic E-state index is -0.552. The first kappa shape index (κ1) is 17.4. The van der Waals surface area contributed by atoms with E-state index in [4.69, 9.17) is 0 Å². The average molecular weight is 256 g/mol. The average Bonchev–Trinajstić information content (AvgIpc) is 2.17. The van der Waals surface area contributed by atoms with Gasteiger partial charge in [-0.1, -0.05) is 0 Å². The summed E-state index contributed by atoms with van der Waals surface area (Å²) in [5.74, 6) is 0. The second kappa shape index (κ2) is 14.0. The van der Waals surface area contributed by atoms with Crippen LogP contribution in [0.25, 0.3) is 0 Å². The first-order valence-electron chi connectivity index (χ1n) is 6.18. The Hall–Kier alpha value is 1.00. The normalized spacial score (nSPS) is 9.64. The van der Waals surface area contributed by atoms with Gasteiger partial charge in [0.15, 0.2) is 0 Å². The molecule has 87 valence electrons. The first-order valence-corrected chi connectivity index (χ1v) is 9.49. The van der Waals surface area contributed by atoms with E-state index in [2.05, 4.69) is 20.8 Å². The minimum Gasteiger partial charge on any atom is -0.147 e. The molecule has 0 aliphatic rings. The van der Waals surface area contributed by atoms with Crippen molar-refractivity contribution < 1.29 is 17.9 Å². The van der Waals surface area contributed by atoms with Crippen LogP contribution in [0.2, 0.25) is 14.2 Å². The van der Waals surface area contributed by atoms with Crippen molar-refractivity contribution in [1.82, 2.24) is 0 Å². The zero-order valence-electron chi connectivity index (χ0n) is 10.3. The van der Waals surface area contributed by atoms with Gasteiger partial charge in [0.25, 0.3) is 0 Å². The third-order valence-corrected chi connectivity index (χ3v) is 7.62. The van der Waals surface area contributed by atoms with Crippen molar-refractivity contribution in [1.29, 1.82) is 0 Å². The molecule has 0 amide bonds. The Bertz CT molecular complexity index is 77.3. The van der Waals surface area contributed by atoms with E-state index in [1.54, 1.807) is 14.2 Å². The molecule has 0 nitrogen and oxygen atoms in total.